The molecule has 1 atom stereocenters. The smallest absolute Gasteiger partial charge is 0.223 e. The molecule has 0 bridgehead atoms. The van der Waals surface area contributed by atoms with Crippen LogP contribution in [0, 0.1) is 26.7 Å². The maximum absolute atomic E-state index is 12.9. The highest BCUT2D eigenvalue weighted by molar-refractivity contribution is 5.79. The van der Waals surface area contributed by atoms with Crippen molar-refractivity contribution in [1.82, 2.24) is 10.2 Å². The van der Waals surface area contributed by atoms with E-state index in [-0.39, 0.29) is 17.9 Å². The van der Waals surface area contributed by atoms with Crippen molar-refractivity contribution < 1.29 is 4.79 Å². The fourth-order valence-corrected chi connectivity index (χ4v) is 4.29. The minimum atomic E-state index is 0.109. The molecule has 1 aliphatic rings. The summed E-state index contributed by atoms with van der Waals surface area (Å²) in [4.78, 5) is 15.4. The molecule has 150 valence electrons. The van der Waals surface area contributed by atoms with Gasteiger partial charge in [-0.15, -0.1) is 0 Å². The highest BCUT2D eigenvalue weighted by atomic mass is 16.1. The Morgan fingerprint density at radius 1 is 1.07 bits per heavy atom. The number of aryl methyl sites for hydroxylation is 3. The van der Waals surface area contributed by atoms with Crippen LogP contribution in [0.5, 0.6) is 0 Å². The third-order valence-electron chi connectivity index (χ3n) is 6.14. The second-order valence-corrected chi connectivity index (χ2v) is 8.31. The van der Waals surface area contributed by atoms with Crippen molar-refractivity contribution in [3.8, 4) is 0 Å². The third-order valence-corrected chi connectivity index (χ3v) is 6.14. The van der Waals surface area contributed by atoms with Gasteiger partial charge in [0.15, 0.2) is 0 Å². The fraction of sp³-hybridized carbons (Fsp3) is 0.480. The number of likely N-dealkylation sites (tertiary alicyclic amines) is 1. The van der Waals surface area contributed by atoms with Gasteiger partial charge in [0, 0.05) is 12.5 Å². The second kappa shape index (κ2) is 9.38. The quantitative estimate of drug-likeness (QED) is 0.759. The predicted octanol–water partition coefficient (Wildman–Crippen LogP) is 5.09. The molecule has 1 aliphatic heterocycles. The van der Waals surface area contributed by atoms with E-state index in [0.29, 0.717) is 0 Å². The number of nitrogens with zero attached hydrogens (tertiary/aromatic N) is 1. The van der Waals surface area contributed by atoms with Crippen LogP contribution in [0.25, 0.3) is 0 Å². The van der Waals surface area contributed by atoms with Crippen LogP contribution >= 0.6 is 0 Å². The van der Waals surface area contributed by atoms with Crippen LogP contribution in [0.1, 0.15) is 60.0 Å². The summed E-state index contributed by atoms with van der Waals surface area (Å²) >= 11 is 0. The Morgan fingerprint density at radius 3 is 2.43 bits per heavy atom. The van der Waals surface area contributed by atoms with Crippen molar-refractivity contribution in [3.05, 3.63) is 70.3 Å². The van der Waals surface area contributed by atoms with Gasteiger partial charge in [-0.1, -0.05) is 55.0 Å². The lowest BCUT2D eigenvalue weighted by molar-refractivity contribution is -0.127. The van der Waals surface area contributed by atoms with E-state index in [4.69, 9.17) is 0 Å². The van der Waals surface area contributed by atoms with Crippen molar-refractivity contribution in [2.45, 2.75) is 59.5 Å². The highest BCUT2D eigenvalue weighted by Gasteiger charge is 2.27. The average Bonchev–Trinajstić information content (AvgIpc) is 2.69. The Balaban J connectivity index is 1.55. The summed E-state index contributed by atoms with van der Waals surface area (Å²) in [6, 6.07) is 15.2. The van der Waals surface area contributed by atoms with E-state index < -0.39 is 0 Å². The summed E-state index contributed by atoms with van der Waals surface area (Å²) in [5.74, 6) is 0.357. The lowest BCUT2D eigenvalue weighted by atomic mass is 9.93. The van der Waals surface area contributed by atoms with E-state index in [1.54, 1.807) is 0 Å². The number of piperidine rings is 1. The molecule has 0 saturated carbocycles. The van der Waals surface area contributed by atoms with Crippen molar-refractivity contribution >= 4 is 5.91 Å². The highest BCUT2D eigenvalue weighted by Crippen LogP contribution is 2.25. The summed E-state index contributed by atoms with van der Waals surface area (Å²) in [7, 11) is 0. The standard InChI is InChI=1S/C25H34N2O/c1-5-24(23-11-10-18(2)16-20(23)4)26-25(28)21-12-14-27(15-13-21)17-22-9-7-6-8-19(22)3/h6-11,16,21,24H,5,12-15,17H2,1-4H3,(H,26,28). The van der Waals surface area contributed by atoms with Crippen LogP contribution in [-0.4, -0.2) is 23.9 Å². The Bertz CT molecular complexity index is 806. The Hall–Kier alpha value is -2.13. The molecule has 3 heteroatoms. The minimum absolute atomic E-state index is 0.109. The van der Waals surface area contributed by atoms with Crippen molar-refractivity contribution in [1.29, 1.82) is 0 Å². The molecule has 0 aromatic heterocycles. The molecule has 0 spiro atoms. The molecule has 1 N–H and O–H groups in total. The fourth-order valence-electron chi connectivity index (χ4n) is 4.29. The Labute approximate surface area is 170 Å². The summed E-state index contributed by atoms with van der Waals surface area (Å²) in [5.41, 5.74) is 6.52. The number of carbonyl (C=O) groups is 1. The van der Waals surface area contributed by atoms with Crippen LogP contribution < -0.4 is 5.32 Å². The normalized spacial score (nSPS) is 16.7. The topological polar surface area (TPSA) is 32.3 Å². The number of hydrogen-bond donors (Lipinski definition) is 1. The summed E-state index contributed by atoms with van der Waals surface area (Å²) in [6.07, 6.45) is 2.81. The Kier molecular flexibility index (Phi) is 6.90. The maximum atomic E-state index is 12.9. The van der Waals surface area contributed by atoms with Gasteiger partial charge >= 0.3 is 0 Å². The predicted molar refractivity (Wildman–Crippen MR) is 116 cm³/mol. The van der Waals surface area contributed by atoms with Gasteiger partial charge in [0.25, 0.3) is 0 Å². The van der Waals surface area contributed by atoms with Gasteiger partial charge in [0.05, 0.1) is 6.04 Å². The van der Waals surface area contributed by atoms with Crippen LogP contribution in [0.2, 0.25) is 0 Å². The average molecular weight is 379 g/mol. The van der Waals surface area contributed by atoms with E-state index in [1.165, 1.54) is 27.8 Å². The first-order valence-electron chi connectivity index (χ1n) is 10.6. The third kappa shape index (κ3) is 5.02. The van der Waals surface area contributed by atoms with Crippen LogP contribution in [0.15, 0.2) is 42.5 Å². The van der Waals surface area contributed by atoms with Crippen molar-refractivity contribution in [2.24, 2.45) is 5.92 Å². The van der Waals surface area contributed by atoms with Crippen LogP contribution in [-0.2, 0) is 11.3 Å². The second-order valence-electron chi connectivity index (χ2n) is 8.31. The zero-order valence-corrected chi connectivity index (χ0v) is 17.8. The van der Waals surface area contributed by atoms with E-state index in [9.17, 15) is 4.79 Å². The van der Waals surface area contributed by atoms with Crippen LogP contribution in [0.4, 0.5) is 0 Å². The zero-order chi connectivity index (χ0) is 20.1. The van der Waals surface area contributed by atoms with Gasteiger partial charge in [-0.3, -0.25) is 9.69 Å². The molecule has 2 aromatic rings. The maximum Gasteiger partial charge on any atom is 0.223 e. The molecule has 28 heavy (non-hydrogen) atoms. The van der Waals surface area contributed by atoms with Crippen LogP contribution in [0.3, 0.4) is 0 Å². The van der Waals surface area contributed by atoms with Crippen molar-refractivity contribution in [3.63, 3.8) is 0 Å². The Morgan fingerprint density at radius 2 is 1.79 bits per heavy atom. The molecule has 1 fully saturated rings. The number of carbonyl (C=O) groups excluding carboxylic acids is 1. The molecule has 3 rings (SSSR count). The van der Waals surface area contributed by atoms with Gasteiger partial charge in [-0.2, -0.15) is 0 Å². The molecule has 1 amide bonds. The van der Waals surface area contributed by atoms with E-state index in [2.05, 4.69) is 80.4 Å². The largest absolute Gasteiger partial charge is 0.349 e. The summed E-state index contributed by atoms with van der Waals surface area (Å²) < 4.78 is 0. The number of nitrogens with one attached hydrogen (secondary N) is 1. The first-order chi connectivity index (χ1) is 13.5. The van der Waals surface area contributed by atoms with Gasteiger partial charge in [0.1, 0.15) is 0 Å². The summed E-state index contributed by atoms with van der Waals surface area (Å²) in [6.45, 7) is 11.5. The van der Waals surface area contributed by atoms with Gasteiger partial charge in [-0.25, -0.2) is 0 Å². The summed E-state index contributed by atoms with van der Waals surface area (Å²) in [5, 5.41) is 3.33. The first kappa shape index (κ1) is 20.6. The lowest BCUT2D eigenvalue weighted by Crippen LogP contribution is -2.41. The minimum Gasteiger partial charge on any atom is -0.349 e. The van der Waals surface area contributed by atoms with Crippen molar-refractivity contribution in [2.75, 3.05) is 13.1 Å². The van der Waals surface area contributed by atoms with Gasteiger partial charge in [0.2, 0.25) is 5.91 Å². The number of hydrogen-bond acceptors (Lipinski definition) is 2. The van der Waals surface area contributed by atoms with E-state index >= 15 is 0 Å². The molecule has 2 aromatic carbocycles. The number of amides is 1. The van der Waals surface area contributed by atoms with E-state index in [1.807, 2.05) is 0 Å². The molecule has 0 aliphatic carbocycles. The van der Waals surface area contributed by atoms with Gasteiger partial charge in [-0.05, 0) is 75.4 Å². The lowest BCUT2D eigenvalue weighted by Gasteiger charge is -2.32. The number of rotatable bonds is 6. The first-order valence-corrected chi connectivity index (χ1v) is 10.6. The zero-order valence-electron chi connectivity index (χ0n) is 17.8. The SMILES string of the molecule is CCC(NC(=O)C1CCN(Cc2ccccc2C)CC1)c1ccc(C)cc1C. The van der Waals surface area contributed by atoms with E-state index in [0.717, 1.165) is 38.9 Å². The molecule has 1 heterocycles. The molecule has 0 radical (unpaired) electrons. The molecular weight excluding hydrogens is 344 g/mol. The molecular formula is C25H34N2O. The molecule has 1 saturated heterocycles. The molecule has 1 unspecified atom stereocenters. The number of benzene rings is 2. The molecule has 3 nitrogen and oxygen atoms in total. The monoisotopic (exact) mass is 378 g/mol. The van der Waals surface area contributed by atoms with Gasteiger partial charge < -0.3 is 5.32 Å².